The van der Waals surface area contributed by atoms with E-state index >= 15 is 0 Å². The quantitative estimate of drug-likeness (QED) is 0.317. The zero-order valence-electron chi connectivity index (χ0n) is 22.9. The average Bonchev–Trinajstić information content (AvgIpc) is 3.32. The lowest BCUT2D eigenvalue weighted by Gasteiger charge is -2.48. The number of aryl methyl sites for hydroxylation is 1. The smallest absolute Gasteiger partial charge is 0.138 e. The standard InChI is InChI=1S/C33H40N4/c1-24-30(36-31(35-24)27-18-12-13-19-28(27)32(2,3)4)33(5,37-22-20-34-21-23-37)29(25-14-8-6-9-15-25)26-16-10-7-11-17-26/h6-19,29,34H,20-23H2,1-5H3,(H,35,36). The van der Waals surface area contributed by atoms with E-state index in [-0.39, 0.29) is 16.9 Å². The molecule has 0 saturated carbocycles. The van der Waals surface area contributed by atoms with Crippen molar-refractivity contribution in [2.75, 3.05) is 26.2 Å². The van der Waals surface area contributed by atoms with Gasteiger partial charge in [0.1, 0.15) is 5.82 Å². The predicted molar refractivity (Wildman–Crippen MR) is 154 cm³/mol. The van der Waals surface area contributed by atoms with E-state index in [1.165, 1.54) is 22.3 Å². The van der Waals surface area contributed by atoms with Crippen LogP contribution in [0.3, 0.4) is 0 Å². The van der Waals surface area contributed by atoms with Crippen LogP contribution in [0.15, 0.2) is 84.9 Å². The van der Waals surface area contributed by atoms with Gasteiger partial charge in [0.15, 0.2) is 0 Å². The van der Waals surface area contributed by atoms with Gasteiger partial charge in [-0.05, 0) is 36.0 Å². The molecule has 0 amide bonds. The fraction of sp³-hybridized carbons (Fsp3) is 0.364. The van der Waals surface area contributed by atoms with Crippen LogP contribution in [0.4, 0.5) is 0 Å². The zero-order valence-corrected chi connectivity index (χ0v) is 22.9. The lowest BCUT2D eigenvalue weighted by atomic mass is 9.72. The van der Waals surface area contributed by atoms with Gasteiger partial charge in [-0.1, -0.05) is 106 Å². The molecule has 4 heteroatoms. The normalized spacial score (nSPS) is 16.6. The Morgan fingerprint density at radius 2 is 1.30 bits per heavy atom. The number of piperazine rings is 1. The monoisotopic (exact) mass is 492 g/mol. The molecule has 1 fully saturated rings. The van der Waals surface area contributed by atoms with Gasteiger partial charge in [-0.3, -0.25) is 4.90 Å². The molecule has 4 nitrogen and oxygen atoms in total. The first-order valence-electron chi connectivity index (χ1n) is 13.5. The molecule has 0 bridgehead atoms. The first kappa shape index (κ1) is 25.4. The number of aromatic amines is 1. The Balaban J connectivity index is 1.73. The number of benzene rings is 3. The molecule has 1 aromatic heterocycles. The van der Waals surface area contributed by atoms with Crippen molar-refractivity contribution in [2.45, 2.75) is 51.5 Å². The Kier molecular flexibility index (Phi) is 7.06. The third-order valence-electron chi connectivity index (χ3n) is 7.96. The number of hydrogen-bond acceptors (Lipinski definition) is 3. The molecular formula is C33H40N4. The summed E-state index contributed by atoms with van der Waals surface area (Å²) in [6, 6.07) is 30.6. The molecule has 2 N–H and O–H groups in total. The second kappa shape index (κ2) is 10.3. The highest BCUT2D eigenvalue weighted by Crippen LogP contribution is 2.47. The summed E-state index contributed by atoms with van der Waals surface area (Å²) in [6.45, 7) is 15.3. The molecule has 1 atom stereocenters. The van der Waals surface area contributed by atoms with E-state index in [9.17, 15) is 0 Å². The van der Waals surface area contributed by atoms with Crippen LogP contribution in [0.5, 0.6) is 0 Å². The number of imidazole rings is 1. The lowest BCUT2D eigenvalue weighted by molar-refractivity contribution is 0.0673. The maximum absolute atomic E-state index is 5.46. The molecule has 1 unspecified atom stereocenters. The minimum Gasteiger partial charge on any atom is -0.342 e. The minimum absolute atomic E-state index is 0.0237. The second-order valence-electron chi connectivity index (χ2n) is 11.5. The molecule has 0 spiro atoms. The highest BCUT2D eigenvalue weighted by molar-refractivity contribution is 5.63. The zero-order chi connectivity index (χ0) is 26.0. The Labute approximate surface area is 222 Å². The van der Waals surface area contributed by atoms with Crippen LogP contribution in [0, 0.1) is 6.92 Å². The molecule has 0 aliphatic carbocycles. The van der Waals surface area contributed by atoms with E-state index < -0.39 is 0 Å². The van der Waals surface area contributed by atoms with Crippen molar-refractivity contribution in [3.05, 3.63) is 113 Å². The Morgan fingerprint density at radius 1 is 0.757 bits per heavy atom. The molecule has 0 radical (unpaired) electrons. The van der Waals surface area contributed by atoms with E-state index in [1.807, 2.05) is 0 Å². The van der Waals surface area contributed by atoms with Crippen molar-refractivity contribution >= 4 is 0 Å². The molecular weight excluding hydrogens is 452 g/mol. The van der Waals surface area contributed by atoms with Crippen LogP contribution in [-0.2, 0) is 11.0 Å². The van der Waals surface area contributed by atoms with Crippen LogP contribution in [0.25, 0.3) is 11.4 Å². The molecule has 1 aliphatic heterocycles. The average molecular weight is 493 g/mol. The number of rotatable bonds is 6. The van der Waals surface area contributed by atoms with Gasteiger partial charge in [-0.2, -0.15) is 0 Å². The molecule has 2 heterocycles. The van der Waals surface area contributed by atoms with E-state index in [0.29, 0.717) is 0 Å². The van der Waals surface area contributed by atoms with Crippen LogP contribution in [0.1, 0.15) is 61.7 Å². The Morgan fingerprint density at radius 3 is 1.86 bits per heavy atom. The van der Waals surface area contributed by atoms with Crippen molar-refractivity contribution in [3.63, 3.8) is 0 Å². The third kappa shape index (κ3) is 4.88. The summed E-state index contributed by atoms with van der Waals surface area (Å²) in [5.74, 6) is 1.08. The van der Waals surface area contributed by atoms with Gasteiger partial charge < -0.3 is 10.3 Å². The number of aromatic nitrogens is 2. The van der Waals surface area contributed by atoms with Crippen molar-refractivity contribution in [1.82, 2.24) is 20.2 Å². The van der Waals surface area contributed by atoms with E-state index in [2.05, 4.69) is 135 Å². The van der Waals surface area contributed by atoms with E-state index in [1.54, 1.807) is 0 Å². The van der Waals surface area contributed by atoms with E-state index in [4.69, 9.17) is 4.98 Å². The van der Waals surface area contributed by atoms with Crippen molar-refractivity contribution in [3.8, 4) is 11.4 Å². The fourth-order valence-corrected chi connectivity index (χ4v) is 6.16. The molecule has 5 rings (SSSR count). The summed E-state index contributed by atoms with van der Waals surface area (Å²) in [7, 11) is 0. The van der Waals surface area contributed by atoms with Crippen molar-refractivity contribution < 1.29 is 0 Å². The van der Waals surface area contributed by atoms with E-state index in [0.717, 1.165) is 43.4 Å². The number of nitrogens with zero attached hydrogens (tertiary/aromatic N) is 2. The summed E-state index contributed by atoms with van der Waals surface area (Å²) >= 11 is 0. The van der Waals surface area contributed by atoms with Crippen molar-refractivity contribution in [2.24, 2.45) is 0 Å². The number of nitrogens with one attached hydrogen (secondary N) is 2. The van der Waals surface area contributed by atoms with Gasteiger partial charge in [0, 0.05) is 43.4 Å². The minimum atomic E-state index is -0.347. The maximum atomic E-state index is 5.46. The summed E-state index contributed by atoms with van der Waals surface area (Å²) < 4.78 is 0. The predicted octanol–water partition coefficient (Wildman–Crippen LogP) is 6.64. The van der Waals surface area contributed by atoms with Crippen LogP contribution in [-0.4, -0.2) is 41.0 Å². The molecule has 1 saturated heterocycles. The van der Waals surface area contributed by atoms with Gasteiger partial charge >= 0.3 is 0 Å². The lowest BCUT2D eigenvalue weighted by Crippen LogP contribution is -2.56. The summed E-state index contributed by atoms with van der Waals surface area (Å²) in [5, 5.41) is 3.56. The summed E-state index contributed by atoms with van der Waals surface area (Å²) in [5.41, 5.74) is 7.06. The van der Waals surface area contributed by atoms with Crippen LogP contribution < -0.4 is 5.32 Å². The van der Waals surface area contributed by atoms with Gasteiger partial charge in [-0.25, -0.2) is 4.98 Å². The second-order valence-corrected chi connectivity index (χ2v) is 11.5. The topological polar surface area (TPSA) is 44.0 Å². The van der Waals surface area contributed by atoms with Gasteiger partial charge in [0.25, 0.3) is 0 Å². The Bertz CT molecular complexity index is 1270. The molecule has 3 aromatic carbocycles. The summed E-state index contributed by atoms with van der Waals surface area (Å²) in [4.78, 5) is 11.8. The SMILES string of the molecule is Cc1[nH]c(-c2ccccc2C(C)(C)C)nc1C(C)(C(c1ccccc1)c1ccccc1)N1CCNCC1. The van der Waals surface area contributed by atoms with Crippen molar-refractivity contribution in [1.29, 1.82) is 0 Å². The van der Waals surface area contributed by atoms with Crippen LogP contribution in [0.2, 0.25) is 0 Å². The largest absolute Gasteiger partial charge is 0.342 e. The molecule has 37 heavy (non-hydrogen) atoms. The van der Waals surface area contributed by atoms with Gasteiger partial charge in [-0.15, -0.1) is 0 Å². The fourth-order valence-electron chi connectivity index (χ4n) is 6.16. The van der Waals surface area contributed by atoms with Gasteiger partial charge in [0.2, 0.25) is 0 Å². The maximum Gasteiger partial charge on any atom is 0.138 e. The molecule has 4 aromatic rings. The first-order valence-corrected chi connectivity index (χ1v) is 13.5. The molecule has 1 aliphatic rings. The summed E-state index contributed by atoms with van der Waals surface area (Å²) in [6.07, 6.45) is 0. The number of hydrogen-bond donors (Lipinski definition) is 2. The first-order chi connectivity index (χ1) is 17.8. The molecule has 192 valence electrons. The number of H-pyrrole nitrogens is 1. The Hall–Kier alpha value is -3.21. The third-order valence-corrected chi connectivity index (χ3v) is 7.96. The highest BCUT2D eigenvalue weighted by atomic mass is 15.3. The van der Waals surface area contributed by atoms with Crippen LogP contribution >= 0.6 is 0 Å². The highest BCUT2D eigenvalue weighted by Gasteiger charge is 2.46. The van der Waals surface area contributed by atoms with Gasteiger partial charge in [0.05, 0.1) is 11.2 Å².